The van der Waals surface area contributed by atoms with E-state index >= 15 is 0 Å². The van der Waals surface area contributed by atoms with Gasteiger partial charge in [0.05, 0.1) is 21.7 Å². The monoisotopic (exact) mass is 486 g/mol. The number of likely N-dealkylation sites (tertiary alicyclic amines) is 1. The van der Waals surface area contributed by atoms with Crippen molar-refractivity contribution in [1.82, 2.24) is 25.2 Å². The molecule has 5 rings (SSSR count). The minimum absolute atomic E-state index is 0.0554. The Bertz CT molecular complexity index is 1190. The lowest BCUT2D eigenvalue weighted by atomic mass is 10.1. The van der Waals surface area contributed by atoms with Crippen LogP contribution >= 0.6 is 11.6 Å². The third-order valence-corrected chi connectivity index (χ3v) is 6.97. The quantitative estimate of drug-likeness (QED) is 0.567. The zero-order chi connectivity index (χ0) is 23.8. The molecule has 0 unspecified atom stereocenters. The van der Waals surface area contributed by atoms with E-state index in [0.29, 0.717) is 29.5 Å². The molecular weight excluding hydrogens is 459 g/mol. The third-order valence-electron chi connectivity index (χ3n) is 6.68. The minimum atomic E-state index is -0.612. The molecule has 2 aliphatic heterocycles. The molecule has 2 fully saturated rings. The van der Waals surface area contributed by atoms with E-state index < -0.39 is 5.82 Å². The molecule has 0 saturated carbocycles. The van der Waals surface area contributed by atoms with Gasteiger partial charge in [-0.05, 0) is 51.6 Å². The Morgan fingerprint density at radius 2 is 2.12 bits per heavy atom. The summed E-state index contributed by atoms with van der Waals surface area (Å²) in [6.07, 6.45) is 2.21. The van der Waals surface area contributed by atoms with Gasteiger partial charge in [-0.3, -0.25) is 0 Å². The van der Waals surface area contributed by atoms with Crippen molar-refractivity contribution in [2.75, 3.05) is 44.7 Å². The van der Waals surface area contributed by atoms with Crippen LogP contribution in [0.2, 0.25) is 5.02 Å². The average molecular weight is 487 g/mol. The summed E-state index contributed by atoms with van der Waals surface area (Å²) in [6.45, 7) is 6.04. The van der Waals surface area contributed by atoms with Crippen LogP contribution in [0.4, 0.5) is 10.2 Å². The molecule has 10 heteroatoms. The first-order valence-corrected chi connectivity index (χ1v) is 12.0. The second-order valence-corrected chi connectivity index (χ2v) is 9.40. The van der Waals surface area contributed by atoms with Gasteiger partial charge in [-0.2, -0.15) is 9.97 Å². The van der Waals surface area contributed by atoms with Crippen LogP contribution in [-0.2, 0) is 0 Å². The molecule has 2 saturated heterocycles. The van der Waals surface area contributed by atoms with Gasteiger partial charge in [0.2, 0.25) is 0 Å². The molecule has 180 valence electrons. The molecule has 2 aromatic heterocycles. The average Bonchev–Trinajstić information content (AvgIpc) is 3.22. The number of nitrogens with one attached hydrogen (secondary N) is 1. The highest BCUT2D eigenvalue weighted by Crippen LogP contribution is 2.38. The largest absolute Gasteiger partial charge is 0.507 e. The third kappa shape index (κ3) is 4.35. The predicted octanol–water partition coefficient (Wildman–Crippen LogP) is 3.46. The maximum Gasteiger partial charge on any atom is 0.320 e. The van der Waals surface area contributed by atoms with Crippen LogP contribution in [0.25, 0.3) is 22.3 Å². The van der Waals surface area contributed by atoms with E-state index in [1.54, 1.807) is 6.07 Å². The fourth-order valence-corrected chi connectivity index (χ4v) is 4.96. The van der Waals surface area contributed by atoms with Gasteiger partial charge in [0.15, 0.2) is 5.65 Å². The number of rotatable bonds is 5. The van der Waals surface area contributed by atoms with E-state index in [0.717, 1.165) is 39.0 Å². The highest BCUT2D eigenvalue weighted by atomic mass is 35.5. The van der Waals surface area contributed by atoms with Crippen LogP contribution in [0.1, 0.15) is 19.8 Å². The maximum atomic E-state index is 14.6. The van der Waals surface area contributed by atoms with Crippen molar-refractivity contribution in [3.63, 3.8) is 0 Å². The Hall–Kier alpha value is -2.75. The summed E-state index contributed by atoms with van der Waals surface area (Å²) in [6, 6.07) is 6.52. The van der Waals surface area contributed by atoms with Crippen molar-refractivity contribution >= 4 is 28.5 Å². The van der Waals surface area contributed by atoms with E-state index in [1.165, 1.54) is 18.2 Å². The van der Waals surface area contributed by atoms with Crippen molar-refractivity contribution in [2.45, 2.75) is 31.8 Å². The first-order chi connectivity index (χ1) is 16.4. The second-order valence-electron chi connectivity index (χ2n) is 8.99. The SMILES string of the molecule is C[C@H]1CNCCN1c1nc(OC[C@@H]2CCCN2C)nc2nc(-c3c(O)cccc3F)c(Cl)cc12. The van der Waals surface area contributed by atoms with Crippen LogP contribution in [0, 0.1) is 5.82 Å². The number of piperazine rings is 1. The molecule has 2 N–H and O–H groups in total. The van der Waals surface area contributed by atoms with Crippen LogP contribution in [0.15, 0.2) is 24.3 Å². The van der Waals surface area contributed by atoms with Crippen molar-refractivity contribution in [3.8, 4) is 23.0 Å². The number of benzene rings is 1. The number of halogens is 2. The first kappa shape index (κ1) is 23.0. The molecule has 3 aromatic rings. The number of hydrogen-bond acceptors (Lipinski definition) is 8. The Kier molecular flexibility index (Phi) is 6.42. The van der Waals surface area contributed by atoms with Gasteiger partial charge in [-0.25, -0.2) is 9.37 Å². The fraction of sp³-hybridized carbons (Fsp3) is 0.458. The van der Waals surface area contributed by atoms with Crippen LogP contribution in [-0.4, -0.2) is 76.9 Å². The first-order valence-electron chi connectivity index (χ1n) is 11.6. The number of likely N-dealkylation sites (N-methyl/N-ethyl adjacent to an activating group) is 1. The molecule has 34 heavy (non-hydrogen) atoms. The second kappa shape index (κ2) is 9.48. The molecule has 0 bridgehead atoms. The van der Waals surface area contributed by atoms with Gasteiger partial charge in [-0.1, -0.05) is 17.7 Å². The van der Waals surface area contributed by atoms with Crippen LogP contribution < -0.4 is 15.0 Å². The molecular formula is C24H28ClFN6O2. The topological polar surface area (TPSA) is 86.6 Å². The number of aromatic hydroxyl groups is 1. The highest BCUT2D eigenvalue weighted by molar-refractivity contribution is 6.34. The van der Waals surface area contributed by atoms with Crippen molar-refractivity contribution in [1.29, 1.82) is 0 Å². The molecule has 8 nitrogen and oxygen atoms in total. The number of nitrogens with zero attached hydrogens (tertiary/aromatic N) is 5. The number of phenols is 1. The van der Waals surface area contributed by atoms with Gasteiger partial charge >= 0.3 is 6.01 Å². The van der Waals surface area contributed by atoms with E-state index in [1.807, 2.05) is 0 Å². The summed E-state index contributed by atoms with van der Waals surface area (Å²) >= 11 is 6.57. The lowest BCUT2D eigenvalue weighted by Crippen LogP contribution is -2.50. The lowest BCUT2D eigenvalue weighted by Gasteiger charge is -2.35. The van der Waals surface area contributed by atoms with E-state index in [4.69, 9.17) is 21.3 Å². The summed E-state index contributed by atoms with van der Waals surface area (Å²) in [5.74, 6) is -0.161. The maximum absolute atomic E-state index is 14.6. The number of aromatic nitrogens is 3. The Balaban J connectivity index is 1.61. The van der Waals surface area contributed by atoms with E-state index in [-0.39, 0.29) is 34.1 Å². The lowest BCUT2D eigenvalue weighted by molar-refractivity contribution is 0.188. The molecule has 0 aliphatic carbocycles. The molecule has 0 radical (unpaired) electrons. The number of anilines is 1. The van der Waals surface area contributed by atoms with Gasteiger partial charge in [0, 0.05) is 31.7 Å². The van der Waals surface area contributed by atoms with Crippen molar-refractivity contribution in [2.24, 2.45) is 0 Å². The van der Waals surface area contributed by atoms with E-state index in [2.05, 4.69) is 39.1 Å². The Morgan fingerprint density at radius 3 is 2.85 bits per heavy atom. The molecule has 0 spiro atoms. The standard InChI is InChI=1S/C24H28ClFN6O2/c1-14-12-27-8-10-32(14)23-16-11-17(25)21(20-18(26)6-3-7-19(20)33)28-22(16)29-24(30-23)34-13-15-5-4-9-31(15)2/h3,6-7,11,14-15,27,33H,4-5,8-10,12-13H2,1-2H3/t14-,15-/m0/s1. The molecule has 2 aliphatic rings. The number of phenolic OH excluding ortho intramolecular Hbond substituents is 1. The summed E-state index contributed by atoms with van der Waals surface area (Å²) in [7, 11) is 2.09. The van der Waals surface area contributed by atoms with E-state index in [9.17, 15) is 9.50 Å². The molecule has 1 aromatic carbocycles. The normalized spacial score (nSPS) is 21.4. The molecule has 0 amide bonds. The number of hydrogen-bond donors (Lipinski definition) is 2. The summed E-state index contributed by atoms with van der Waals surface area (Å²) in [5, 5.41) is 14.6. The molecule has 2 atom stereocenters. The van der Waals surface area contributed by atoms with Gasteiger partial charge in [0.25, 0.3) is 0 Å². The van der Waals surface area contributed by atoms with Gasteiger partial charge in [-0.15, -0.1) is 0 Å². The zero-order valence-corrected chi connectivity index (χ0v) is 20.0. The number of ether oxygens (including phenoxy) is 1. The number of fused-ring (bicyclic) bond motifs is 1. The van der Waals surface area contributed by atoms with Gasteiger partial charge < -0.3 is 25.0 Å². The van der Waals surface area contributed by atoms with Gasteiger partial charge in [0.1, 0.15) is 24.0 Å². The Labute approximate surface area is 202 Å². The summed E-state index contributed by atoms with van der Waals surface area (Å²) < 4.78 is 20.7. The van der Waals surface area contributed by atoms with Crippen LogP contribution in [0.3, 0.4) is 0 Å². The predicted molar refractivity (Wildman–Crippen MR) is 130 cm³/mol. The highest BCUT2D eigenvalue weighted by Gasteiger charge is 2.26. The van der Waals surface area contributed by atoms with Crippen molar-refractivity contribution < 1.29 is 14.2 Å². The fourth-order valence-electron chi connectivity index (χ4n) is 4.72. The summed E-state index contributed by atoms with van der Waals surface area (Å²) in [5.41, 5.74) is 0.414. The number of pyridine rings is 1. The minimum Gasteiger partial charge on any atom is -0.507 e. The molecule has 4 heterocycles. The summed E-state index contributed by atoms with van der Waals surface area (Å²) in [4.78, 5) is 18.4. The van der Waals surface area contributed by atoms with Crippen LogP contribution in [0.5, 0.6) is 11.8 Å². The van der Waals surface area contributed by atoms with Crippen molar-refractivity contribution in [3.05, 3.63) is 35.1 Å². The smallest absolute Gasteiger partial charge is 0.320 e. The zero-order valence-electron chi connectivity index (χ0n) is 19.3. The Morgan fingerprint density at radius 1 is 1.26 bits per heavy atom.